The largest absolute Gasteiger partial charge is 0.467 e. The van der Waals surface area contributed by atoms with Crippen molar-refractivity contribution in [3.05, 3.63) is 53.5 Å². The smallest absolute Gasteiger partial charge is 0.254 e. The summed E-state index contributed by atoms with van der Waals surface area (Å²) >= 11 is 0. The number of furan rings is 1. The number of hydrogen-bond acceptors (Lipinski definition) is 5. The zero-order chi connectivity index (χ0) is 16.9. The third-order valence-electron chi connectivity index (χ3n) is 3.15. The Morgan fingerprint density at radius 1 is 1.21 bits per heavy atom. The highest BCUT2D eigenvalue weighted by molar-refractivity contribution is 7.89. The number of rotatable bonds is 7. The van der Waals surface area contributed by atoms with Gasteiger partial charge in [-0.25, -0.2) is 13.1 Å². The van der Waals surface area contributed by atoms with Crippen molar-refractivity contribution in [2.45, 2.75) is 18.4 Å². The summed E-state index contributed by atoms with van der Waals surface area (Å²) in [7, 11) is -3.58. The molecular weight excluding hydrogens is 354 g/mol. The predicted octanol–water partition coefficient (Wildman–Crippen LogP) is 1.18. The van der Waals surface area contributed by atoms with Crippen LogP contribution < -0.4 is 15.8 Å². The second-order valence-corrected chi connectivity index (χ2v) is 6.74. The van der Waals surface area contributed by atoms with Crippen molar-refractivity contribution >= 4 is 28.3 Å². The third-order valence-corrected chi connectivity index (χ3v) is 4.63. The van der Waals surface area contributed by atoms with Crippen LogP contribution in [0.5, 0.6) is 0 Å². The molecule has 0 spiro atoms. The maximum atomic E-state index is 12.0. The lowest BCUT2D eigenvalue weighted by molar-refractivity contribution is 0.0953. The van der Waals surface area contributed by atoms with Crippen LogP contribution in [0.4, 0.5) is 0 Å². The lowest BCUT2D eigenvalue weighted by Gasteiger charge is -2.07. The van der Waals surface area contributed by atoms with E-state index in [9.17, 15) is 13.2 Å². The normalized spacial score (nSPS) is 10.9. The van der Waals surface area contributed by atoms with Crippen LogP contribution in [-0.2, 0) is 16.6 Å². The summed E-state index contributed by atoms with van der Waals surface area (Å²) in [4.78, 5) is 12.0. The van der Waals surface area contributed by atoms with Crippen LogP contribution in [0.2, 0.25) is 0 Å². The minimum atomic E-state index is -3.58. The Morgan fingerprint density at radius 2 is 1.88 bits per heavy atom. The molecule has 0 atom stereocenters. The molecule has 0 unspecified atom stereocenters. The first-order chi connectivity index (χ1) is 10.9. The van der Waals surface area contributed by atoms with Crippen molar-refractivity contribution in [1.29, 1.82) is 0 Å². The number of aryl methyl sites for hydroxylation is 1. The van der Waals surface area contributed by atoms with Crippen LogP contribution in [0.25, 0.3) is 0 Å². The third kappa shape index (κ3) is 5.34. The quantitative estimate of drug-likeness (QED) is 0.630. The highest BCUT2D eigenvalue weighted by atomic mass is 35.5. The molecule has 0 aliphatic heterocycles. The van der Waals surface area contributed by atoms with Gasteiger partial charge in [0, 0.05) is 13.1 Å². The molecule has 9 heteroatoms. The van der Waals surface area contributed by atoms with Gasteiger partial charge < -0.3 is 15.5 Å². The van der Waals surface area contributed by atoms with E-state index in [1.54, 1.807) is 18.2 Å². The molecule has 0 saturated carbocycles. The number of benzene rings is 1. The molecule has 0 aliphatic carbocycles. The average molecular weight is 374 g/mol. The van der Waals surface area contributed by atoms with Gasteiger partial charge >= 0.3 is 0 Å². The molecule has 0 bridgehead atoms. The first-order valence-corrected chi connectivity index (χ1v) is 8.52. The van der Waals surface area contributed by atoms with Crippen molar-refractivity contribution in [1.82, 2.24) is 10.0 Å². The summed E-state index contributed by atoms with van der Waals surface area (Å²) in [6, 6.07) is 8.08. The van der Waals surface area contributed by atoms with Crippen LogP contribution in [-0.4, -0.2) is 27.4 Å². The standard InChI is InChI=1S/C15H19N3O4S.ClH/c1-11-2-4-14(5-3-11)23(20,21)18-7-6-17-15(19)12-8-13(9-16)22-10-12;/h2-5,8,10,18H,6-7,9,16H2,1H3,(H,17,19);1H. The van der Waals surface area contributed by atoms with Crippen LogP contribution in [0.3, 0.4) is 0 Å². The zero-order valence-corrected chi connectivity index (χ0v) is 14.7. The number of halogens is 1. The van der Waals surface area contributed by atoms with Crippen molar-refractivity contribution in [2.75, 3.05) is 13.1 Å². The fourth-order valence-corrected chi connectivity index (χ4v) is 2.90. The fraction of sp³-hybridized carbons (Fsp3) is 0.267. The predicted molar refractivity (Wildman–Crippen MR) is 92.5 cm³/mol. The van der Waals surface area contributed by atoms with Gasteiger partial charge in [-0.15, -0.1) is 12.4 Å². The Kier molecular flexibility index (Phi) is 7.43. The van der Waals surface area contributed by atoms with Gasteiger partial charge in [-0.05, 0) is 25.1 Å². The number of amides is 1. The number of nitrogens with one attached hydrogen (secondary N) is 2. The van der Waals surface area contributed by atoms with Crippen LogP contribution >= 0.6 is 12.4 Å². The topological polar surface area (TPSA) is 114 Å². The molecule has 0 fully saturated rings. The van der Waals surface area contributed by atoms with Crippen LogP contribution in [0.15, 0.2) is 45.9 Å². The molecule has 2 rings (SSSR count). The van der Waals surface area contributed by atoms with Crippen molar-refractivity contribution in [2.24, 2.45) is 5.73 Å². The molecule has 2 aromatic rings. The van der Waals surface area contributed by atoms with Crippen LogP contribution in [0.1, 0.15) is 21.7 Å². The minimum Gasteiger partial charge on any atom is -0.467 e. The molecule has 0 saturated heterocycles. The van der Waals surface area contributed by atoms with E-state index in [2.05, 4.69) is 10.0 Å². The molecule has 132 valence electrons. The molecule has 24 heavy (non-hydrogen) atoms. The van der Waals surface area contributed by atoms with Crippen molar-refractivity contribution in [3.8, 4) is 0 Å². The van der Waals surface area contributed by atoms with Gasteiger partial charge in [0.2, 0.25) is 10.0 Å². The zero-order valence-electron chi connectivity index (χ0n) is 13.1. The maximum Gasteiger partial charge on any atom is 0.254 e. The Hall–Kier alpha value is -1.87. The number of nitrogens with two attached hydrogens (primary N) is 1. The SMILES string of the molecule is Cc1ccc(S(=O)(=O)NCCNC(=O)c2coc(CN)c2)cc1.Cl. The summed E-state index contributed by atoms with van der Waals surface area (Å²) < 4.78 is 31.6. The van der Waals surface area contributed by atoms with Gasteiger partial charge in [0.25, 0.3) is 5.91 Å². The monoisotopic (exact) mass is 373 g/mol. The average Bonchev–Trinajstić information content (AvgIpc) is 3.01. The van der Waals surface area contributed by atoms with E-state index in [0.29, 0.717) is 11.3 Å². The number of carbonyl (C=O) groups excluding carboxylic acids is 1. The Morgan fingerprint density at radius 3 is 2.46 bits per heavy atom. The Labute approximate surface area is 147 Å². The molecule has 1 aromatic heterocycles. The summed E-state index contributed by atoms with van der Waals surface area (Å²) in [6.07, 6.45) is 1.31. The maximum absolute atomic E-state index is 12.0. The molecule has 1 aromatic carbocycles. The molecule has 0 radical (unpaired) electrons. The summed E-state index contributed by atoms with van der Waals surface area (Å²) in [5.74, 6) is 0.165. The number of carbonyl (C=O) groups is 1. The number of sulfonamides is 1. The van der Waals surface area contributed by atoms with E-state index in [-0.39, 0.29) is 42.8 Å². The second kappa shape index (κ2) is 8.84. The number of hydrogen-bond donors (Lipinski definition) is 3. The van der Waals surface area contributed by atoms with Crippen LogP contribution in [0, 0.1) is 6.92 Å². The lowest BCUT2D eigenvalue weighted by atomic mass is 10.2. The first-order valence-electron chi connectivity index (χ1n) is 7.04. The van der Waals surface area contributed by atoms with E-state index in [1.807, 2.05) is 6.92 Å². The van der Waals surface area contributed by atoms with E-state index in [4.69, 9.17) is 10.2 Å². The van der Waals surface area contributed by atoms with Gasteiger partial charge in [-0.1, -0.05) is 17.7 Å². The van der Waals surface area contributed by atoms with Gasteiger partial charge in [0.15, 0.2) is 0 Å². The summed E-state index contributed by atoms with van der Waals surface area (Å²) in [5, 5.41) is 2.60. The molecule has 1 amide bonds. The van der Waals surface area contributed by atoms with Crippen molar-refractivity contribution in [3.63, 3.8) is 0 Å². The van der Waals surface area contributed by atoms with E-state index in [1.165, 1.54) is 18.4 Å². The summed E-state index contributed by atoms with van der Waals surface area (Å²) in [6.45, 7) is 2.34. The second-order valence-electron chi connectivity index (χ2n) is 4.97. The van der Waals surface area contributed by atoms with E-state index >= 15 is 0 Å². The first kappa shape index (κ1) is 20.2. The molecule has 1 heterocycles. The molecule has 4 N–H and O–H groups in total. The van der Waals surface area contributed by atoms with Gasteiger partial charge in [-0.3, -0.25) is 4.79 Å². The van der Waals surface area contributed by atoms with E-state index < -0.39 is 10.0 Å². The minimum absolute atomic E-state index is 0. The van der Waals surface area contributed by atoms with Gasteiger partial charge in [-0.2, -0.15) is 0 Å². The van der Waals surface area contributed by atoms with E-state index in [0.717, 1.165) is 5.56 Å². The molecular formula is C15H20ClN3O4S. The van der Waals surface area contributed by atoms with Crippen molar-refractivity contribution < 1.29 is 17.6 Å². The fourth-order valence-electron chi connectivity index (χ4n) is 1.87. The molecule has 0 aliphatic rings. The Balaban J connectivity index is 0.00000288. The highest BCUT2D eigenvalue weighted by Crippen LogP contribution is 2.09. The molecule has 7 nitrogen and oxygen atoms in total. The van der Waals surface area contributed by atoms with Gasteiger partial charge in [0.05, 0.1) is 17.0 Å². The summed E-state index contributed by atoms with van der Waals surface area (Å²) in [5.41, 5.74) is 6.73. The Bertz CT molecular complexity index is 772. The lowest BCUT2D eigenvalue weighted by Crippen LogP contribution is -2.34. The highest BCUT2D eigenvalue weighted by Gasteiger charge is 2.13. The van der Waals surface area contributed by atoms with Gasteiger partial charge in [0.1, 0.15) is 12.0 Å².